The average Bonchev–Trinajstić information content (AvgIpc) is 2.56. The van der Waals surface area contributed by atoms with Crippen LogP contribution in [-0.4, -0.2) is 20.9 Å². The van der Waals surface area contributed by atoms with Gasteiger partial charge in [0.2, 0.25) is 0 Å². The number of benzene rings is 1. The summed E-state index contributed by atoms with van der Waals surface area (Å²) in [5.74, 6) is 0. The van der Waals surface area contributed by atoms with Gasteiger partial charge in [0.25, 0.3) is 0 Å². The molecule has 2 aromatic rings. The molecule has 2 rings (SSSR count). The molecule has 0 aliphatic carbocycles. The Morgan fingerprint density at radius 2 is 2.36 bits per heavy atom. The largest absolute Gasteiger partial charge is 0.464 e. The van der Waals surface area contributed by atoms with E-state index in [0.29, 0.717) is 11.1 Å². The Balaban J connectivity index is 2.80. The maximum atomic E-state index is 10.8. The monoisotopic (exact) mass is 190 g/mol. The maximum absolute atomic E-state index is 10.8. The van der Waals surface area contributed by atoms with E-state index >= 15 is 0 Å². The second-order valence-electron chi connectivity index (χ2n) is 2.91. The van der Waals surface area contributed by atoms with Gasteiger partial charge in [-0.25, -0.2) is 4.79 Å². The smallest absolute Gasteiger partial charge is 0.416 e. The van der Waals surface area contributed by atoms with Crippen molar-refractivity contribution in [3.05, 3.63) is 36.0 Å². The summed E-state index contributed by atoms with van der Waals surface area (Å²) in [5, 5.41) is 18.6. The molecule has 2 N–H and O–H groups in total. The topological polar surface area (TPSA) is 62.5 Å². The SMILES string of the molecule is O=C(O)n1cc(CO)c2c[c]ccc21. The predicted octanol–water partition coefficient (Wildman–Crippen LogP) is 1.46. The number of nitrogens with zero attached hydrogens (tertiary/aromatic N) is 1. The number of rotatable bonds is 1. The third-order valence-electron chi connectivity index (χ3n) is 2.11. The fraction of sp³-hybridized carbons (Fsp3) is 0.100. The van der Waals surface area contributed by atoms with E-state index in [2.05, 4.69) is 6.07 Å². The summed E-state index contributed by atoms with van der Waals surface area (Å²) in [7, 11) is 0. The molecule has 0 fully saturated rings. The zero-order chi connectivity index (χ0) is 10.1. The Hall–Kier alpha value is -1.81. The van der Waals surface area contributed by atoms with Crippen LogP contribution < -0.4 is 0 Å². The third-order valence-corrected chi connectivity index (χ3v) is 2.11. The molecule has 4 heteroatoms. The number of aromatic nitrogens is 1. The van der Waals surface area contributed by atoms with Gasteiger partial charge in [-0.3, -0.25) is 4.57 Å². The lowest BCUT2D eigenvalue weighted by Gasteiger charge is -1.95. The lowest BCUT2D eigenvalue weighted by molar-refractivity contribution is 0.197. The van der Waals surface area contributed by atoms with Gasteiger partial charge in [0, 0.05) is 17.1 Å². The Labute approximate surface area is 80.0 Å². The van der Waals surface area contributed by atoms with Crippen LogP contribution in [-0.2, 0) is 6.61 Å². The zero-order valence-electron chi connectivity index (χ0n) is 7.27. The first-order valence-electron chi connectivity index (χ1n) is 4.08. The molecule has 0 atom stereocenters. The minimum atomic E-state index is -1.05. The van der Waals surface area contributed by atoms with E-state index in [4.69, 9.17) is 10.2 Å². The van der Waals surface area contributed by atoms with Crippen LogP contribution in [0.25, 0.3) is 10.9 Å². The van der Waals surface area contributed by atoms with Gasteiger partial charge in [-0.1, -0.05) is 6.07 Å². The third kappa shape index (κ3) is 1.16. The first kappa shape index (κ1) is 8.77. The molecule has 1 heterocycles. The van der Waals surface area contributed by atoms with Crippen LogP contribution in [0, 0.1) is 6.07 Å². The van der Waals surface area contributed by atoms with E-state index in [-0.39, 0.29) is 6.61 Å². The quantitative estimate of drug-likeness (QED) is 0.715. The van der Waals surface area contributed by atoms with Gasteiger partial charge in [-0.15, -0.1) is 0 Å². The molecule has 1 aromatic carbocycles. The molecule has 1 radical (unpaired) electrons. The Morgan fingerprint density at radius 1 is 1.57 bits per heavy atom. The molecule has 0 spiro atoms. The van der Waals surface area contributed by atoms with Crippen LogP contribution in [0.3, 0.4) is 0 Å². The summed E-state index contributed by atoms with van der Waals surface area (Å²) < 4.78 is 1.09. The van der Waals surface area contributed by atoms with Crippen molar-refractivity contribution < 1.29 is 15.0 Å². The van der Waals surface area contributed by atoms with Crippen molar-refractivity contribution in [3.8, 4) is 0 Å². The number of fused-ring (bicyclic) bond motifs is 1. The van der Waals surface area contributed by atoms with E-state index in [1.165, 1.54) is 6.20 Å². The summed E-state index contributed by atoms with van der Waals surface area (Å²) in [5.41, 5.74) is 1.17. The molecule has 0 saturated carbocycles. The summed E-state index contributed by atoms with van der Waals surface area (Å²) in [4.78, 5) is 10.8. The van der Waals surface area contributed by atoms with Crippen molar-refractivity contribution in [2.24, 2.45) is 0 Å². The molecule has 0 bridgehead atoms. The van der Waals surface area contributed by atoms with Crippen molar-refractivity contribution in [3.63, 3.8) is 0 Å². The van der Waals surface area contributed by atoms with E-state index in [1.54, 1.807) is 18.2 Å². The van der Waals surface area contributed by atoms with Crippen LogP contribution in [0.4, 0.5) is 4.79 Å². The highest BCUT2D eigenvalue weighted by molar-refractivity contribution is 5.91. The maximum Gasteiger partial charge on any atom is 0.416 e. The molecular weight excluding hydrogens is 182 g/mol. The van der Waals surface area contributed by atoms with Gasteiger partial charge in [0.15, 0.2) is 0 Å². The van der Waals surface area contributed by atoms with Crippen LogP contribution in [0.15, 0.2) is 24.4 Å². The summed E-state index contributed by atoms with van der Waals surface area (Å²) in [6.45, 7) is -0.172. The molecule has 0 amide bonds. The van der Waals surface area contributed by atoms with Gasteiger partial charge in [-0.2, -0.15) is 0 Å². The van der Waals surface area contributed by atoms with Crippen LogP contribution in [0.1, 0.15) is 5.56 Å². The lowest BCUT2D eigenvalue weighted by Crippen LogP contribution is -2.05. The second kappa shape index (κ2) is 3.16. The molecule has 0 saturated heterocycles. The molecule has 71 valence electrons. The highest BCUT2D eigenvalue weighted by Crippen LogP contribution is 2.20. The summed E-state index contributed by atoms with van der Waals surface area (Å²) in [6.07, 6.45) is 0.363. The van der Waals surface area contributed by atoms with Crippen molar-refractivity contribution in [2.75, 3.05) is 0 Å². The Morgan fingerprint density at radius 3 is 3.00 bits per heavy atom. The number of aliphatic hydroxyl groups is 1. The van der Waals surface area contributed by atoms with E-state index in [0.717, 1.165) is 9.95 Å². The van der Waals surface area contributed by atoms with Gasteiger partial charge < -0.3 is 10.2 Å². The molecule has 4 nitrogen and oxygen atoms in total. The first-order valence-corrected chi connectivity index (χ1v) is 4.08. The molecule has 0 unspecified atom stereocenters. The molecule has 1 aromatic heterocycles. The number of hydrogen-bond acceptors (Lipinski definition) is 2. The highest BCUT2D eigenvalue weighted by Gasteiger charge is 2.10. The number of carbonyl (C=O) groups is 1. The molecule has 0 aliphatic rings. The van der Waals surface area contributed by atoms with Gasteiger partial charge in [-0.05, 0) is 18.2 Å². The molecule has 14 heavy (non-hydrogen) atoms. The van der Waals surface area contributed by atoms with Gasteiger partial charge in [0.1, 0.15) is 0 Å². The van der Waals surface area contributed by atoms with Crippen molar-refractivity contribution in [1.29, 1.82) is 0 Å². The molecule has 0 aliphatic heterocycles. The van der Waals surface area contributed by atoms with Crippen molar-refractivity contribution >= 4 is 17.0 Å². The van der Waals surface area contributed by atoms with E-state index < -0.39 is 6.09 Å². The summed E-state index contributed by atoms with van der Waals surface area (Å²) >= 11 is 0. The number of aliphatic hydroxyl groups excluding tert-OH is 1. The van der Waals surface area contributed by atoms with E-state index in [1.807, 2.05) is 0 Å². The fourth-order valence-electron chi connectivity index (χ4n) is 1.47. The standard InChI is InChI=1S/C10H8NO3/c12-6-7-5-11(10(13)14)9-4-2-1-3-8(7)9/h2-5,12H,6H2,(H,13,14). The fourth-order valence-corrected chi connectivity index (χ4v) is 1.47. The average molecular weight is 190 g/mol. The Kier molecular flexibility index (Phi) is 1.98. The van der Waals surface area contributed by atoms with Crippen LogP contribution in [0.2, 0.25) is 0 Å². The van der Waals surface area contributed by atoms with Gasteiger partial charge in [0.05, 0.1) is 12.1 Å². The minimum Gasteiger partial charge on any atom is -0.464 e. The van der Waals surface area contributed by atoms with Crippen LogP contribution in [0.5, 0.6) is 0 Å². The summed E-state index contributed by atoms with van der Waals surface area (Å²) in [6, 6.07) is 7.81. The lowest BCUT2D eigenvalue weighted by atomic mass is 10.2. The Bertz CT molecular complexity index is 487. The number of hydrogen-bond donors (Lipinski definition) is 2. The normalized spacial score (nSPS) is 10.6. The van der Waals surface area contributed by atoms with Crippen LogP contribution >= 0.6 is 0 Å². The number of carboxylic acid groups (broad SMARTS) is 1. The van der Waals surface area contributed by atoms with Crippen molar-refractivity contribution in [2.45, 2.75) is 6.61 Å². The van der Waals surface area contributed by atoms with E-state index in [9.17, 15) is 4.79 Å². The second-order valence-corrected chi connectivity index (χ2v) is 2.91. The minimum absolute atomic E-state index is 0.172. The van der Waals surface area contributed by atoms with Gasteiger partial charge >= 0.3 is 6.09 Å². The van der Waals surface area contributed by atoms with Crippen molar-refractivity contribution in [1.82, 2.24) is 4.57 Å². The highest BCUT2D eigenvalue weighted by atomic mass is 16.4. The molecular formula is C10H8NO3. The predicted molar refractivity (Wildman–Crippen MR) is 50.1 cm³/mol. The zero-order valence-corrected chi connectivity index (χ0v) is 7.27. The first-order chi connectivity index (χ1) is 6.74.